The van der Waals surface area contributed by atoms with E-state index in [1.807, 2.05) is 37.4 Å². The van der Waals surface area contributed by atoms with Gasteiger partial charge in [0.15, 0.2) is 0 Å². The summed E-state index contributed by atoms with van der Waals surface area (Å²) in [5.74, 6) is 0.696. The van der Waals surface area contributed by atoms with Gasteiger partial charge in [0.25, 0.3) is 5.56 Å². The van der Waals surface area contributed by atoms with Gasteiger partial charge in [0.05, 0.1) is 12.7 Å². The molecule has 0 saturated carbocycles. The fourth-order valence-electron chi connectivity index (χ4n) is 2.98. The molecule has 0 spiro atoms. The number of H-pyrrole nitrogens is 1. The van der Waals surface area contributed by atoms with E-state index >= 15 is 0 Å². The zero-order chi connectivity index (χ0) is 17.6. The minimum Gasteiger partial charge on any atom is -0.496 e. The Kier molecular flexibility index (Phi) is 3.76. The summed E-state index contributed by atoms with van der Waals surface area (Å²) in [5, 5.41) is 11.2. The van der Waals surface area contributed by atoms with E-state index < -0.39 is 5.60 Å². The summed E-state index contributed by atoms with van der Waals surface area (Å²) < 4.78 is 7.07. The van der Waals surface area contributed by atoms with Crippen molar-refractivity contribution < 1.29 is 9.84 Å². The lowest BCUT2D eigenvalue weighted by Crippen LogP contribution is -2.17. The Morgan fingerprint density at radius 2 is 1.92 bits per heavy atom. The number of nitrogens with one attached hydrogen (secondary N) is 1. The predicted octanol–water partition coefficient (Wildman–Crippen LogP) is 3.08. The molecule has 1 aromatic carbocycles. The average Bonchev–Trinajstić information content (AvgIpc) is 2.91. The zero-order valence-corrected chi connectivity index (χ0v) is 14.6. The van der Waals surface area contributed by atoms with Crippen LogP contribution >= 0.6 is 0 Å². The Balaban J connectivity index is 2.39. The van der Waals surface area contributed by atoms with Crippen molar-refractivity contribution in [2.75, 3.05) is 7.11 Å². The van der Waals surface area contributed by atoms with Crippen molar-refractivity contribution in [1.82, 2.24) is 9.55 Å². The minimum absolute atomic E-state index is 0.0699. The standard InChI is InChI=1S/C19H22N2O3/c1-11-8-14-15(10-21(4)18(22)17(14)20-11)13-9-12(19(2,3)23)6-7-16(13)24-5/h6-10,20,23H,1-5H3. The summed E-state index contributed by atoms with van der Waals surface area (Å²) >= 11 is 0. The van der Waals surface area contributed by atoms with Crippen molar-refractivity contribution in [1.29, 1.82) is 0 Å². The zero-order valence-electron chi connectivity index (χ0n) is 14.6. The van der Waals surface area contributed by atoms with Crippen LogP contribution in [0, 0.1) is 6.92 Å². The largest absolute Gasteiger partial charge is 0.496 e. The molecular formula is C19H22N2O3. The van der Waals surface area contributed by atoms with Gasteiger partial charge in [-0.1, -0.05) is 6.07 Å². The monoisotopic (exact) mass is 326 g/mol. The van der Waals surface area contributed by atoms with Crippen LogP contribution in [0.3, 0.4) is 0 Å². The summed E-state index contributed by atoms with van der Waals surface area (Å²) in [7, 11) is 3.35. The Labute approximate surface area is 140 Å². The molecule has 2 N–H and O–H groups in total. The fourth-order valence-corrected chi connectivity index (χ4v) is 2.98. The van der Waals surface area contributed by atoms with Crippen LogP contribution in [0.15, 0.2) is 35.3 Å². The molecule has 3 rings (SSSR count). The molecule has 0 fully saturated rings. The van der Waals surface area contributed by atoms with Gasteiger partial charge in [-0.3, -0.25) is 4.79 Å². The second-order valence-electron chi connectivity index (χ2n) is 6.67. The van der Waals surface area contributed by atoms with Crippen LogP contribution in [0.4, 0.5) is 0 Å². The van der Waals surface area contributed by atoms with Crippen molar-refractivity contribution >= 4 is 10.9 Å². The lowest BCUT2D eigenvalue weighted by Gasteiger charge is -2.20. The molecule has 126 valence electrons. The Morgan fingerprint density at radius 1 is 1.21 bits per heavy atom. The van der Waals surface area contributed by atoms with Crippen molar-refractivity contribution in [3.8, 4) is 16.9 Å². The highest BCUT2D eigenvalue weighted by atomic mass is 16.5. The molecule has 0 radical (unpaired) electrons. The van der Waals surface area contributed by atoms with E-state index in [1.54, 1.807) is 32.6 Å². The molecule has 24 heavy (non-hydrogen) atoms. The van der Waals surface area contributed by atoms with Gasteiger partial charge in [-0.05, 0) is 44.5 Å². The molecular weight excluding hydrogens is 304 g/mol. The highest BCUT2D eigenvalue weighted by molar-refractivity contribution is 5.96. The van der Waals surface area contributed by atoms with E-state index in [-0.39, 0.29) is 5.56 Å². The molecule has 0 aliphatic rings. The SMILES string of the molecule is COc1ccc(C(C)(C)O)cc1-c1cn(C)c(=O)c2[nH]c(C)cc12. The molecule has 0 aliphatic heterocycles. The van der Waals surface area contributed by atoms with E-state index in [4.69, 9.17) is 4.74 Å². The molecule has 0 saturated heterocycles. The van der Waals surface area contributed by atoms with Crippen LogP contribution in [0.5, 0.6) is 5.75 Å². The number of rotatable bonds is 3. The number of aromatic amines is 1. The second-order valence-corrected chi connectivity index (χ2v) is 6.67. The number of aryl methyl sites for hydroxylation is 2. The number of nitrogens with zero attached hydrogens (tertiary/aromatic N) is 1. The third-order valence-corrected chi connectivity index (χ3v) is 4.30. The lowest BCUT2D eigenvalue weighted by molar-refractivity contribution is 0.0786. The van der Waals surface area contributed by atoms with Gasteiger partial charge in [0.1, 0.15) is 11.3 Å². The van der Waals surface area contributed by atoms with Gasteiger partial charge in [-0.2, -0.15) is 0 Å². The molecule has 2 heterocycles. The summed E-state index contributed by atoms with van der Waals surface area (Å²) in [6.07, 6.45) is 1.81. The van der Waals surface area contributed by atoms with Crippen molar-refractivity contribution in [2.45, 2.75) is 26.4 Å². The quantitative estimate of drug-likeness (QED) is 0.777. The van der Waals surface area contributed by atoms with Crippen LogP contribution in [0.2, 0.25) is 0 Å². The first-order valence-electron chi connectivity index (χ1n) is 7.82. The summed E-state index contributed by atoms with van der Waals surface area (Å²) in [5.41, 5.74) is 2.98. The van der Waals surface area contributed by atoms with E-state index in [1.165, 1.54) is 0 Å². The first-order valence-corrected chi connectivity index (χ1v) is 7.82. The highest BCUT2D eigenvalue weighted by Crippen LogP contribution is 2.37. The molecule has 0 amide bonds. The van der Waals surface area contributed by atoms with E-state index in [9.17, 15) is 9.90 Å². The Morgan fingerprint density at radius 3 is 2.54 bits per heavy atom. The topological polar surface area (TPSA) is 67.2 Å². The van der Waals surface area contributed by atoms with Crippen molar-refractivity contribution in [2.24, 2.45) is 7.05 Å². The Hall–Kier alpha value is -2.53. The van der Waals surface area contributed by atoms with Crippen molar-refractivity contribution in [3.05, 3.63) is 52.1 Å². The maximum Gasteiger partial charge on any atom is 0.274 e. The number of fused-ring (bicyclic) bond motifs is 1. The highest BCUT2D eigenvalue weighted by Gasteiger charge is 2.20. The maximum atomic E-state index is 12.4. The number of hydrogen-bond acceptors (Lipinski definition) is 3. The van der Waals surface area contributed by atoms with Crippen LogP contribution in [-0.2, 0) is 12.6 Å². The van der Waals surface area contributed by atoms with E-state index in [0.717, 1.165) is 27.8 Å². The number of ether oxygens (including phenoxy) is 1. The molecule has 0 atom stereocenters. The summed E-state index contributed by atoms with van der Waals surface area (Å²) in [4.78, 5) is 15.5. The van der Waals surface area contributed by atoms with E-state index in [0.29, 0.717) is 11.3 Å². The molecule has 3 aromatic rings. The molecule has 0 unspecified atom stereocenters. The normalized spacial score (nSPS) is 11.9. The third kappa shape index (κ3) is 2.61. The predicted molar refractivity (Wildman–Crippen MR) is 95.5 cm³/mol. The number of pyridine rings is 1. The smallest absolute Gasteiger partial charge is 0.274 e. The third-order valence-electron chi connectivity index (χ3n) is 4.30. The minimum atomic E-state index is -0.963. The van der Waals surface area contributed by atoms with Gasteiger partial charge in [0, 0.05) is 35.5 Å². The van der Waals surface area contributed by atoms with Crippen molar-refractivity contribution in [3.63, 3.8) is 0 Å². The fraction of sp³-hybridized carbons (Fsp3) is 0.316. The van der Waals surface area contributed by atoms with Gasteiger partial charge < -0.3 is 19.4 Å². The molecule has 0 aliphatic carbocycles. The first kappa shape index (κ1) is 16.3. The number of methoxy groups -OCH3 is 1. The number of hydrogen-bond donors (Lipinski definition) is 2. The van der Waals surface area contributed by atoms with E-state index in [2.05, 4.69) is 4.98 Å². The lowest BCUT2D eigenvalue weighted by atomic mass is 9.93. The number of aliphatic hydroxyl groups is 1. The molecule has 0 bridgehead atoms. The van der Waals surface area contributed by atoms with Gasteiger partial charge in [-0.25, -0.2) is 0 Å². The van der Waals surface area contributed by atoms with Gasteiger partial charge >= 0.3 is 0 Å². The second kappa shape index (κ2) is 5.53. The average molecular weight is 326 g/mol. The summed E-state index contributed by atoms with van der Waals surface area (Å²) in [6, 6.07) is 7.58. The molecule has 5 nitrogen and oxygen atoms in total. The Bertz CT molecular complexity index is 975. The first-order chi connectivity index (χ1) is 11.2. The number of aromatic nitrogens is 2. The van der Waals surface area contributed by atoms with Crippen LogP contribution in [0.25, 0.3) is 22.0 Å². The van der Waals surface area contributed by atoms with Gasteiger partial charge in [-0.15, -0.1) is 0 Å². The van der Waals surface area contributed by atoms with Crippen LogP contribution in [0.1, 0.15) is 25.1 Å². The van der Waals surface area contributed by atoms with Gasteiger partial charge in [0.2, 0.25) is 0 Å². The molecule has 2 aromatic heterocycles. The van der Waals surface area contributed by atoms with Crippen LogP contribution in [-0.4, -0.2) is 21.8 Å². The molecule has 5 heteroatoms. The summed E-state index contributed by atoms with van der Waals surface area (Å²) in [6.45, 7) is 5.42. The number of benzene rings is 1. The maximum absolute atomic E-state index is 12.4. The van der Waals surface area contributed by atoms with Crippen LogP contribution < -0.4 is 10.3 Å².